The number of hydrogen-bond acceptors (Lipinski definition) is 4. The number of hydrogen-bond donors (Lipinski definition) is 1. The Morgan fingerprint density at radius 3 is 2.27 bits per heavy atom. The van der Waals surface area contributed by atoms with Crippen LogP contribution >= 0.6 is 0 Å². The number of anilines is 1. The first kappa shape index (κ1) is 19.7. The van der Waals surface area contributed by atoms with E-state index in [0.29, 0.717) is 11.4 Å². The van der Waals surface area contributed by atoms with E-state index in [9.17, 15) is 8.42 Å². The Morgan fingerprint density at radius 1 is 0.933 bits per heavy atom. The van der Waals surface area contributed by atoms with E-state index in [1.165, 1.54) is 23.8 Å². The minimum atomic E-state index is -3.88. The van der Waals surface area contributed by atoms with Crippen LogP contribution in [0.3, 0.4) is 0 Å². The van der Waals surface area contributed by atoms with Crippen molar-refractivity contribution in [3.05, 3.63) is 96.8 Å². The number of aromatic amines is 1. The maximum Gasteiger partial charge on any atom is 0.267 e. The number of nitrogens with one attached hydrogen (secondary N) is 1. The predicted molar refractivity (Wildman–Crippen MR) is 117 cm³/mol. The Bertz CT molecular complexity index is 1210. The number of benzene rings is 3. The number of sulfonamides is 1. The zero-order chi connectivity index (χ0) is 21.0. The molecule has 1 aromatic heterocycles. The molecule has 1 heterocycles. The van der Waals surface area contributed by atoms with Crippen LogP contribution < -0.4 is 9.04 Å². The molecule has 0 amide bonds. The van der Waals surface area contributed by atoms with Gasteiger partial charge in [0, 0.05) is 6.20 Å². The van der Waals surface area contributed by atoms with E-state index < -0.39 is 10.0 Å². The lowest BCUT2D eigenvalue weighted by Crippen LogP contribution is -2.30. The molecule has 0 saturated heterocycles. The SMILES string of the molecule is COc1ccc(-c2ccccc2)cc1N(Cc1ccccc1)S(=O)(=O)c1cn[nH]c1. The average molecular weight is 420 g/mol. The smallest absolute Gasteiger partial charge is 0.267 e. The number of aromatic nitrogens is 2. The van der Waals surface area contributed by atoms with Gasteiger partial charge in [0.05, 0.1) is 25.5 Å². The standard InChI is InChI=1S/C23H21N3O3S/c1-29-23-13-12-20(19-10-6-3-7-11-19)14-22(23)26(17-18-8-4-2-5-9-18)30(27,28)21-15-24-25-16-21/h2-16H,17H2,1H3,(H,24,25). The van der Waals surface area contributed by atoms with Crippen molar-refractivity contribution in [1.82, 2.24) is 10.2 Å². The summed E-state index contributed by atoms with van der Waals surface area (Å²) in [5.41, 5.74) is 3.20. The highest BCUT2D eigenvalue weighted by atomic mass is 32.2. The molecule has 152 valence electrons. The van der Waals surface area contributed by atoms with Crippen LogP contribution in [0.1, 0.15) is 5.56 Å². The molecule has 0 aliphatic rings. The molecule has 0 bridgehead atoms. The van der Waals surface area contributed by atoms with Crippen molar-refractivity contribution in [2.75, 3.05) is 11.4 Å². The molecule has 0 radical (unpaired) electrons. The minimum absolute atomic E-state index is 0.0885. The molecule has 3 aromatic carbocycles. The molecule has 0 unspecified atom stereocenters. The van der Waals surface area contributed by atoms with Crippen molar-refractivity contribution >= 4 is 15.7 Å². The zero-order valence-electron chi connectivity index (χ0n) is 16.4. The van der Waals surface area contributed by atoms with Crippen LogP contribution in [-0.2, 0) is 16.6 Å². The fourth-order valence-corrected chi connectivity index (χ4v) is 4.61. The quantitative estimate of drug-likeness (QED) is 0.479. The Balaban J connectivity index is 1.88. The first-order chi connectivity index (χ1) is 14.6. The minimum Gasteiger partial charge on any atom is -0.495 e. The van der Waals surface area contributed by atoms with E-state index in [4.69, 9.17) is 4.74 Å². The second-order valence-electron chi connectivity index (χ2n) is 6.68. The van der Waals surface area contributed by atoms with Crippen LogP contribution in [-0.4, -0.2) is 25.7 Å². The van der Waals surface area contributed by atoms with Gasteiger partial charge in [-0.2, -0.15) is 5.10 Å². The highest BCUT2D eigenvalue weighted by molar-refractivity contribution is 7.92. The van der Waals surface area contributed by atoms with E-state index in [2.05, 4.69) is 10.2 Å². The lowest BCUT2D eigenvalue weighted by atomic mass is 10.0. The second kappa shape index (κ2) is 8.42. The maximum atomic E-state index is 13.5. The summed E-state index contributed by atoms with van der Waals surface area (Å²) in [6.45, 7) is 0.156. The van der Waals surface area contributed by atoms with Crippen molar-refractivity contribution in [2.45, 2.75) is 11.4 Å². The topological polar surface area (TPSA) is 75.3 Å². The van der Waals surface area contributed by atoms with Crippen LogP contribution in [0.5, 0.6) is 5.75 Å². The third-order valence-corrected chi connectivity index (χ3v) is 6.51. The van der Waals surface area contributed by atoms with E-state index >= 15 is 0 Å². The molecule has 4 rings (SSSR count). The van der Waals surface area contributed by atoms with Crippen molar-refractivity contribution in [3.8, 4) is 16.9 Å². The highest BCUT2D eigenvalue weighted by Crippen LogP contribution is 2.37. The first-order valence-corrected chi connectivity index (χ1v) is 10.8. The molecule has 6 nitrogen and oxygen atoms in total. The average Bonchev–Trinajstić information content (AvgIpc) is 3.34. The Hall–Kier alpha value is -3.58. The van der Waals surface area contributed by atoms with Gasteiger partial charge in [0.1, 0.15) is 10.6 Å². The largest absolute Gasteiger partial charge is 0.495 e. The van der Waals surface area contributed by atoms with Crippen LogP contribution in [0, 0.1) is 0 Å². The van der Waals surface area contributed by atoms with Crippen LogP contribution in [0.2, 0.25) is 0 Å². The molecule has 1 N–H and O–H groups in total. The van der Waals surface area contributed by atoms with Gasteiger partial charge in [0.15, 0.2) is 0 Å². The zero-order valence-corrected chi connectivity index (χ0v) is 17.2. The van der Waals surface area contributed by atoms with Gasteiger partial charge in [-0.3, -0.25) is 9.40 Å². The molecule has 0 aliphatic carbocycles. The van der Waals surface area contributed by atoms with Crippen molar-refractivity contribution in [1.29, 1.82) is 0 Å². The summed E-state index contributed by atoms with van der Waals surface area (Å²) in [4.78, 5) is 0.0885. The second-order valence-corrected chi connectivity index (χ2v) is 8.55. The molecule has 4 aromatic rings. The third kappa shape index (κ3) is 3.92. The van der Waals surface area contributed by atoms with Gasteiger partial charge < -0.3 is 4.74 Å². The molecule has 0 aliphatic heterocycles. The summed E-state index contributed by atoms with van der Waals surface area (Å²) in [5.74, 6) is 0.470. The van der Waals surface area contributed by atoms with Crippen LogP contribution in [0.4, 0.5) is 5.69 Å². The predicted octanol–water partition coefficient (Wildman–Crippen LogP) is 4.48. The van der Waals surface area contributed by atoms with E-state index in [1.807, 2.05) is 72.8 Å². The molecular formula is C23H21N3O3S. The number of nitrogens with zero attached hydrogens (tertiary/aromatic N) is 2. The maximum absolute atomic E-state index is 13.5. The van der Waals surface area contributed by atoms with Gasteiger partial charge in [0.2, 0.25) is 0 Å². The molecule has 0 fully saturated rings. The van der Waals surface area contributed by atoms with Gasteiger partial charge in [-0.25, -0.2) is 8.42 Å². The lowest BCUT2D eigenvalue weighted by Gasteiger charge is -2.26. The van der Waals surface area contributed by atoms with Crippen LogP contribution in [0.15, 0.2) is 96.2 Å². The monoisotopic (exact) mass is 419 g/mol. The number of methoxy groups -OCH3 is 1. The summed E-state index contributed by atoms with van der Waals surface area (Å²) < 4.78 is 33.9. The lowest BCUT2D eigenvalue weighted by molar-refractivity contribution is 0.415. The Morgan fingerprint density at radius 2 is 1.63 bits per heavy atom. The summed E-state index contributed by atoms with van der Waals surface area (Å²) in [6, 6.07) is 24.8. The fraction of sp³-hybridized carbons (Fsp3) is 0.0870. The molecular weight excluding hydrogens is 398 g/mol. The number of ether oxygens (including phenoxy) is 1. The summed E-state index contributed by atoms with van der Waals surface area (Å²) in [5, 5.41) is 6.40. The van der Waals surface area contributed by atoms with Gasteiger partial charge >= 0.3 is 0 Å². The summed E-state index contributed by atoms with van der Waals surface area (Å²) in [6.07, 6.45) is 2.68. The summed E-state index contributed by atoms with van der Waals surface area (Å²) >= 11 is 0. The number of rotatable bonds is 7. The fourth-order valence-electron chi connectivity index (χ4n) is 3.25. The third-order valence-electron chi connectivity index (χ3n) is 4.78. The van der Waals surface area contributed by atoms with E-state index in [-0.39, 0.29) is 11.4 Å². The normalized spacial score (nSPS) is 11.2. The molecule has 0 spiro atoms. The highest BCUT2D eigenvalue weighted by Gasteiger charge is 2.29. The molecule has 30 heavy (non-hydrogen) atoms. The van der Waals surface area contributed by atoms with E-state index in [1.54, 1.807) is 6.07 Å². The van der Waals surface area contributed by atoms with Crippen molar-refractivity contribution < 1.29 is 13.2 Å². The van der Waals surface area contributed by atoms with Crippen LogP contribution in [0.25, 0.3) is 11.1 Å². The van der Waals surface area contributed by atoms with Gasteiger partial charge in [-0.1, -0.05) is 66.7 Å². The van der Waals surface area contributed by atoms with Crippen molar-refractivity contribution in [2.24, 2.45) is 0 Å². The van der Waals surface area contributed by atoms with Gasteiger partial charge in [0.25, 0.3) is 10.0 Å². The van der Waals surface area contributed by atoms with Gasteiger partial charge in [-0.05, 0) is 28.8 Å². The first-order valence-electron chi connectivity index (χ1n) is 9.38. The van der Waals surface area contributed by atoms with E-state index in [0.717, 1.165) is 16.7 Å². The van der Waals surface area contributed by atoms with Crippen molar-refractivity contribution in [3.63, 3.8) is 0 Å². The number of H-pyrrole nitrogens is 1. The summed E-state index contributed by atoms with van der Waals surface area (Å²) in [7, 11) is -2.35. The molecule has 0 atom stereocenters. The molecule has 0 saturated carbocycles. The Labute approximate surface area is 175 Å². The van der Waals surface area contributed by atoms with Gasteiger partial charge in [-0.15, -0.1) is 0 Å². The molecule has 7 heteroatoms. The Kier molecular flexibility index (Phi) is 5.54.